The van der Waals surface area contributed by atoms with Crippen molar-refractivity contribution in [1.29, 1.82) is 0 Å². The number of carbonyl (C=O) groups excluding carboxylic acids is 1. The van der Waals surface area contributed by atoms with Crippen LogP contribution in [0.1, 0.15) is 13.8 Å². The van der Waals surface area contributed by atoms with Crippen LogP contribution in [0.3, 0.4) is 0 Å². The topological polar surface area (TPSA) is 44.8 Å². The monoisotopic (exact) mass is 240 g/mol. The van der Waals surface area contributed by atoms with Crippen LogP contribution in [0, 0.1) is 0 Å². The number of cyclic esters (lactones) is 2. The Morgan fingerprint density at radius 3 is 2.62 bits per heavy atom. The number of allylic oxidation sites excluding steroid dienone is 1. The van der Waals surface area contributed by atoms with Crippen molar-refractivity contribution in [3.05, 3.63) is 12.2 Å². The van der Waals surface area contributed by atoms with E-state index in [9.17, 15) is 18.0 Å². The molecule has 1 rings (SSSR count). The molecule has 16 heavy (non-hydrogen) atoms. The van der Waals surface area contributed by atoms with Gasteiger partial charge in [0, 0.05) is 13.0 Å². The summed E-state index contributed by atoms with van der Waals surface area (Å²) in [5.41, 5.74) is 0. The molecule has 4 nitrogen and oxygen atoms in total. The average Bonchev–Trinajstić information content (AvgIpc) is 2.34. The highest BCUT2D eigenvalue weighted by Crippen LogP contribution is 2.28. The van der Waals surface area contributed by atoms with Gasteiger partial charge in [-0.25, -0.2) is 4.79 Å². The van der Waals surface area contributed by atoms with E-state index in [2.05, 4.69) is 4.74 Å². The van der Waals surface area contributed by atoms with E-state index in [-0.39, 0.29) is 12.7 Å². The van der Waals surface area contributed by atoms with E-state index in [1.165, 1.54) is 13.8 Å². The summed E-state index contributed by atoms with van der Waals surface area (Å²) in [5, 5.41) is 0. The third kappa shape index (κ3) is 3.41. The lowest BCUT2D eigenvalue weighted by Crippen LogP contribution is -2.37. The van der Waals surface area contributed by atoms with Crippen LogP contribution in [0.25, 0.3) is 0 Å². The first kappa shape index (κ1) is 12.8. The van der Waals surface area contributed by atoms with Crippen LogP contribution < -0.4 is 0 Å². The van der Waals surface area contributed by atoms with Gasteiger partial charge in [-0.1, -0.05) is 6.08 Å². The summed E-state index contributed by atoms with van der Waals surface area (Å²) < 4.78 is 49.6. The molecule has 0 saturated carbocycles. The largest absolute Gasteiger partial charge is 0.511 e. The van der Waals surface area contributed by atoms with E-state index in [4.69, 9.17) is 9.47 Å². The minimum Gasteiger partial charge on any atom is -0.424 e. The molecule has 7 heteroatoms. The van der Waals surface area contributed by atoms with Crippen molar-refractivity contribution < 1.29 is 32.2 Å². The van der Waals surface area contributed by atoms with E-state index in [1.54, 1.807) is 0 Å². The third-order valence-corrected chi connectivity index (χ3v) is 2.07. The Morgan fingerprint density at radius 2 is 2.19 bits per heavy atom. The predicted molar refractivity (Wildman–Crippen MR) is 46.6 cm³/mol. The van der Waals surface area contributed by atoms with Crippen LogP contribution in [-0.2, 0) is 14.2 Å². The smallest absolute Gasteiger partial charge is 0.424 e. The Hall–Kier alpha value is -1.24. The molecule has 1 fully saturated rings. The highest BCUT2D eigenvalue weighted by Gasteiger charge is 2.46. The van der Waals surface area contributed by atoms with Crippen molar-refractivity contribution in [2.45, 2.75) is 31.9 Å². The maximum absolute atomic E-state index is 11.7. The molecule has 1 heterocycles. The minimum atomic E-state index is -4.38. The van der Waals surface area contributed by atoms with Gasteiger partial charge in [0.1, 0.15) is 0 Å². The molecular weight excluding hydrogens is 229 g/mol. The van der Waals surface area contributed by atoms with Crippen LogP contribution >= 0.6 is 0 Å². The van der Waals surface area contributed by atoms with E-state index in [0.717, 1.165) is 6.08 Å². The van der Waals surface area contributed by atoms with Crippen LogP contribution in [-0.4, -0.2) is 30.8 Å². The number of carbonyl (C=O) groups is 1. The highest BCUT2D eigenvalue weighted by molar-refractivity contribution is 5.62. The van der Waals surface area contributed by atoms with Crippen LogP contribution in [0.15, 0.2) is 12.2 Å². The molecule has 2 unspecified atom stereocenters. The second-order valence-corrected chi connectivity index (χ2v) is 3.38. The molecule has 92 valence electrons. The Kier molecular flexibility index (Phi) is 3.47. The highest BCUT2D eigenvalue weighted by atomic mass is 19.4. The molecule has 0 aliphatic carbocycles. The zero-order valence-electron chi connectivity index (χ0n) is 8.71. The SMILES string of the molecule is CC1OC(=O)OC1(C)OC/C=C\C(F)(F)F. The average molecular weight is 240 g/mol. The van der Waals surface area contributed by atoms with Gasteiger partial charge < -0.3 is 14.2 Å². The summed E-state index contributed by atoms with van der Waals surface area (Å²) in [6.07, 6.45) is -5.09. The zero-order chi connectivity index (χ0) is 12.4. The molecule has 0 aromatic rings. The van der Waals surface area contributed by atoms with Gasteiger partial charge >= 0.3 is 12.3 Å². The fourth-order valence-corrected chi connectivity index (χ4v) is 1.07. The van der Waals surface area contributed by atoms with E-state index < -0.39 is 24.2 Å². The zero-order valence-corrected chi connectivity index (χ0v) is 8.71. The maximum atomic E-state index is 11.7. The number of hydrogen-bond donors (Lipinski definition) is 0. The summed E-state index contributed by atoms with van der Waals surface area (Å²) in [6, 6.07) is 0. The van der Waals surface area contributed by atoms with Gasteiger partial charge in [-0.3, -0.25) is 0 Å². The third-order valence-electron chi connectivity index (χ3n) is 2.07. The molecule has 0 amide bonds. The van der Waals surface area contributed by atoms with Crippen molar-refractivity contribution in [1.82, 2.24) is 0 Å². The van der Waals surface area contributed by atoms with Gasteiger partial charge in [0.15, 0.2) is 6.10 Å². The molecular formula is C9H11F3O4. The molecule has 2 atom stereocenters. The van der Waals surface area contributed by atoms with Crippen molar-refractivity contribution in [3.8, 4) is 0 Å². The Bertz CT molecular complexity index is 300. The normalized spacial score (nSPS) is 30.6. The number of ether oxygens (including phenoxy) is 3. The van der Waals surface area contributed by atoms with E-state index >= 15 is 0 Å². The Labute approximate surface area is 90.0 Å². The predicted octanol–water partition coefficient (Wildman–Crippen LogP) is 2.39. The van der Waals surface area contributed by atoms with Gasteiger partial charge in [-0.2, -0.15) is 13.2 Å². The fraction of sp³-hybridized carbons (Fsp3) is 0.667. The lowest BCUT2D eigenvalue weighted by atomic mass is 10.2. The van der Waals surface area contributed by atoms with Gasteiger partial charge in [0.2, 0.25) is 0 Å². The van der Waals surface area contributed by atoms with Crippen molar-refractivity contribution in [2.75, 3.05) is 6.61 Å². The van der Waals surface area contributed by atoms with Crippen LogP contribution in [0.2, 0.25) is 0 Å². The standard InChI is InChI=1S/C9H11F3O4/c1-6-8(2,16-7(13)15-6)14-5-3-4-9(10,11)12/h3-4,6H,5H2,1-2H3/b4-3-. The number of halogens is 3. The molecule has 0 aromatic heterocycles. The molecule has 0 N–H and O–H groups in total. The van der Waals surface area contributed by atoms with E-state index in [1.807, 2.05) is 0 Å². The minimum absolute atomic E-state index is 0.0542. The summed E-state index contributed by atoms with van der Waals surface area (Å²) in [7, 11) is 0. The maximum Gasteiger partial charge on any atom is 0.511 e. The van der Waals surface area contributed by atoms with Crippen molar-refractivity contribution in [3.63, 3.8) is 0 Å². The van der Waals surface area contributed by atoms with Gasteiger partial charge in [0.25, 0.3) is 5.79 Å². The summed E-state index contributed by atoms with van der Waals surface area (Å²) in [5.74, 6) is -1.34. The molecule has 0 radical (unpaired) electrons. The molecule has 1 aliphatic rings. The second-order valence-electron chi connectivity index (χ2n) is 3.38. The van der Waals surface area contributed by atoms with Crippen LogP contribution in [0.5, 0.6) is 0 Å². The van der Waals surface area contributed by atoms with Gasteiger partial charge in [-0.15, -0.1) is 0 Å². The molecule has 0 bridgehead atoms. The first-order valence-electron chi connectivity index (χ1n) is 4.51. The van der Waals surface area contributed by atoms with Gasteiger partial charge in [0.05, 0.1) is 6.61 Å². The number of rotatable bonds is 3. The molecule has 1 aliphatic heterocycles. The van der Waals surface area contributed by atoms with Crippen molar-refractivity contribution in [2.24, 2.45) is 0 Å². The Balaban J connectivity index is 2.43. The lowest BCUT2D eigenvalue weighted by Gasteiger charge is -2.23. The second kappa shape index (κ2) is 4.32. The molecule has 1 saturated heterocycles. The fourth-order valence-electron chi connectivity index (χ4n) is 1.07. The van der Waals surface area contributed by atoms with Crippen LogP contribution in [0.4, 0.5) is 18.0 Å². The first-order valence-corrected chi connectivity index (χ1v) is 4.51. The first-order chi connectivity index (χ1) is 7.23. The number of alkyl halides is 3. The van der Waals surface area contributed by atoms with E-state index in [0.29, 0.717) is 0 Å². The molecule has 0 aromatic carbocycles. The summed E-state index contributed by atoms with van der Waals surface area (Å²) >= 11 is 0. The molecule has 0 spiro atoms. The van der Waals surface area contributed by atoms with Crippen molar-refractivity contribution >= 4 is 6.16 Å². The van der Waals surface area contributed by atoms with Gasteiger partial charge in [-0.05, 0) is 6.92 Å². The lowest BCUT2D eigenvalue weighted by molar-refractivity contribution is -0.179. The number of hydrogen-bond acceptors (Lipinski definition) is 4. The summed E-state index contributed by atoms with van der Waals surface area (Å²) in [4.78, 5) is 10.7. The Morgan fingerprint density at radius 1 is 1.56 bits per heavy atom. The quantitative estimate of drug-likeness (QED) is 0.561. The summed E-state index contributed by atoms with van der Waals surface area (Å²) in [6.45, 7) is 2.62.